The minimum Gasteiger partial charge on any atom is -0.451 e. The summed E-state index contributed by atoms with van der Waals surface area (Å²) in [7, 11) is 0. The molecule has 0 saturated carbocycles. The Labute approximate surface area is 202 Å². The molecule has 0 bridgehead atoms. The van der Waals surface area contributed by atoms with Crippen molar-refractivity contribution in [2.75, 3.05) is 38.2 Å². The average molecular weight is 475 g/mol. The molecule has 34 heavy (non-hydrogen) atoms. The van der Waals surface area contributed by atoms with E-state index in [9.17, 15) is 4.79 Å². The Morgan fingerprint density at radius 2 is 1.76 bits per heavy atom. The number of hydrogen-bond acceptors (Lipinski definition) is 7. The van der Waals surface area contributed by atoms with Crippen LogP contribution in [0.4, 0.5) is 5.69 Å². The topological polar surface area (TPSA) is 80.5 Å². The van der Waals surface area contributed by atoms with Gasteiger partial charge in [-0.25, -0.2) is 9.97 Å². The predicted molar refractivity (Wildman–Crippen MR) is 133 cm³/mol. The van der Waals surface area contributed by atoms with Crippen LogP contribution in [0.5, 0.6) is 0 Å². The van der Waals surface area contributed by atoms with E-state index in [-0.39, 0.29) is 5.91 Å². The number of carbonyl (C=O) groups excluding carboxylic acids is 1. The molecule has 0 unspecified atom stereocenters. The summed E-state index contributed by atoms with van der Waals surface area (Å²) in [5, 5.41) is 4.57. The number of para-hydroxylation sites is 1. The van der Waals surface area contributed by atoms with Crippen molar-refractivity contribution in [3.05, 3.63) is 83.9 Å². The van der Waals surface area contributed by atoms with Gasteiger partial charge in [0, 0.05) is 54.4 Å². The van der Waals surface area contributed by atoms with E-state index in [0.29, 0.717) is 22.3 Å². The number of carbonyl (C=O) groups is 1. The molecular formula is C26H26N4O3S. The molecule has 2 aromatic heterocycles. The number of amides is 1. The molecule has 3 heterocycles. The number of aromatic nitrogens is 2. The molecular weight excluding hydrogens is 448 g/mol. The summed E-state index contributed by atoms with van der Waals surface area (Å²) >= 11 is 1.48. The first-order valence-electron chi connectivity index (χ1n) is 11.4. The summed E-state index contributed by atoms with van der Waals surface area (Å²) in [6, 6.07) is 17.5. The van der Waals surface area contributed by atoms with Crippen LogP contribution in [0.3, 0.4) is 0 Å². The molecule has 1 aliphatic heterocycles. The van der Waals surface area contributed by atoms with Crippen LogP contribution in [-0.4, -0.2) is 53.6 Å². The number of ether oxygens (including phenoxy) is 1. The normalized spacial score (nSPS) is 14.4. The summed E-state index contributed by atoms with van der Waals surface area (Å²) in [5.74, 6) is 0.590. The van der Waals surface area contributed by atoms with E-state index in [4.69, 9.17) is 9.15 Å². The second kappa shape index (κ2) is 10.8. The number of nitrogens with zero attached hydrogens (tertiary/aromatic N) is 3. The molecule has 0 radical (unpaired) electrons. The first-order valence-corrected chi connectivity index (χ1v) is 12.4. The fourth-order valence-corrected chi connectivity index (χ4v) is 4.81. The van der Waals surface area contributed by atoms with Crippen LogP contribution >= 0.6 is 11.8 Å². The zero-order valence-electron chi connectivity index (χ0n) is 18.8. The first kappa shape index (κ1) is 22.6. The Bertz CT molecular complexity index is 1240. The number of nitrogens with one attached hydrogen (secondary N) is 1. The van der Waals surface area contributed by atoms with Gasteiger partial charge in [-0.3, -0.25) is 9.69 Å². The summed E-state index contributed by atoms with van der Waals surface area (Å²) in [6.07, 6.45) is 4.39. The second-order valence-electron chi connectivity index (χ2n) is 8.08. The van der Waals surface area contributed by atoms with Gasteiger partial charge in [0.25, 0.3) is 5.91 Å². The zero-order chi connectivity index (χ0) is 23.2. The lowest BCUT2D eigenvalue weighted by atomic mass is 10.1. The maximum absolute atomic E-state index is 13.2. The number of morpholine rings is 1. The highest BCUT2D eigenvalue weighted by atomic mass is 32.2. The highest BCUT2D eigenvalue weighted by Gasteiger charge is 2.21. The van der Waals surface area contributed by atoms with Gasteiger partial charge in [0.1, 0.15) is 5.58 Å². The van der Waals surface area contributed by atoms with E-state index < -0.39 is 0 Å². The van der Waals surface area contributed by atoms with Crippen molar-refractivity contribution in [2.24, 2.45) is 0 Å². The van der Waals surface area contributed by atoms with Crippen molar-refractivity contribution in [1.82, 2.24) is 14.9 Å². The average Bonchev–Trinajstić information content (AvgIpc) is 3.27. The SMILES string of the molecule is O=C(Nc1ccc(CCN2CCOCC2)cc1)c1oc2ccccc2c1CSc1ncccn1. The molecule has 7 nitrogen and oxygen atoms in total. The van der Waals surface area contributed by atoms with Gasteiger partial charge >= 0.3 is 0 Å². The monoisotopic (exact) mass is 474 g/mol. The molecule has 1 fully saturated rings. The fraction of sp³-hybridized carbons (Fsp3) is 0.269. The first-order chi connectivity index (χ1) is 16.8. The van der Waals surface area contributed by atoms with E-state index in [1.54, 1.807) is 18.5 Å². The maximum atomic E-state index is 13.2. The third-order valence-electron chi connectivity index (χ3n) is 5.82. The molecule has 1 aliphatic rings. The predicted octanol–water partition coefficient (Wildman–Crippen LogP) is 4.64. The summed E-state index contributed by atoms with van der Waals surface area (Å²) in [6.45, 7) is 4.61. The third kappa shape index (κ3) is 5.47. The van der Waals surface area contributed by atoms with Gasteiger partial charge in [-0.15, -0.1) is 0 Å². The van der Waals surface area contributed by atoms with Crippen molar-refractivity contribution < 1.29 is 13.9 Å². The van der Waals surface area contributed by atoms with E-state index in [2.05, 4.69) is 32.3 Å². The quantitative estimate of drug-likeness (QED) is 0.294. The van der Waals surface area contributed by atoms with Crippen molar-refractivity contribution in [3.63, 3.8) is 0 Å². The van der Waals surface area contributed by atoms with Gasteiger partial charge < -0.3 is 14.5 Å². The highest BCUT2D eigenvalue weighted by molar-refractivity contribution is 7.98. The van der Waals surface area contributed by atoms with E-state index in [1.165, 1.54) is 17.3 Å². The second-order valence-corrected chi connectivity index (χ2v) is 9.02. The lowest BCUT2D eigenvalue weighted by molar-refractivity contribution is 0.0384. The Morgan fingerprint density at radius 1 is 1.00 bits per heavy atom. The molecule has 8 heteroatoms. The third-order valence-corrected chi connectivity index (χ3v) is 6.73. The Hall–Kier alpha value is -3.20. The van der Waals surface area contributed by atoms with Crippen molar-refractivity contribution >= 4 is 34.3 Å². The number of fused-ring (bicyclic) bond motifs is 1. The number of rotatable bonds is 8. The summed E-state index contributed by atoms with van der Waals surface area (Å²) in [4.78, 5) is 24.1. The fourth-order valence-electron chi connectivity index (χ4n) is 3.98. The lowest BCUT2D eigenvalue weighted by Gasteiger charge is -2.26. The minimum atomic E-state index is -0.262. The standard InChI is InChI=1S/C26H26N4O3S/c31-25(29-20-8-6-19(7-9-20)10-13-30-14-16-32-17-15-30)24-22(18-34-26-27-11-3-12-28-26)21-4-1-2-5-23(21)33-24/h1-9,11-12H,10,13-18H2,(H,29,31). The molecule has 5 rings (SSSR count). The van der Waals surface area contributed by atoms with Gasteiger partial charge in [-0.2, -0.15) is 0 Å². The van der Waals surface area contributed by atoms with Crippen molar-refractivity contribution in [2.45, 2.75) is 17.3 Å². The number of anilines is 1. The van der Waals surface area contributed by atoms with Crippen LogP contribution in [-0.2, 0) is 16.9 Å². The Morgan fingerprint density at radius 3 is 2.56 bits per heavy atom. The molecule has 0 atom stereocenters. The largest absolute Gasteiger partial charge is 0.451 e. The molecule has 1 saturated heterocycles. The minimum absolute atomic E-state index is 0.262. The van der Waals surface area contributed by atoms with Gasteiger partial charge in [0.15, 0.2) is 10.9 Å². The van der Waals surface area contributed by atoms with Crippen LogP contribution in [0, 0.1) is 0 Å². The van der Waals surface area contributed by atoms with Crippen LogP contribution in [0.1, 0.15) is 21.7 Å². The Kier molecular flexibility index (Phi) is 7.19. The van der Waals surface area contributed by atoms with Crippen molar-refractivity contribution in [1.29, 1.82) is 0 Å². The number of benzene rings is 2. The summed E-state index contributed by atoms with van der Waals surface area (Å²) in [5.41, 5.74) is 3.52. The number of furan rings is 1. The molecule has 4 aromatic rings. The maximum Gasteiger partial charge on any atom is 0.291 e. The van der Waals surface area contributed by atoms with Gasteiger partial charge in [0.05, 0.1) is 13.2 Å². The molecule has 174 valence electrons. The van der Waals surface area contributed by atoms with Gasteiger partial charge in [-0.05, 0) is 36.2 Å². The number of hydrogen-bond donors (Lipinski definition) is 1. The van der Waals surface area contributed by atoms with Crippen LogP contribution in [0.25, 0.3) is 11.0 Å². The van der Waals surface area contributed by atoms with E-state index >= 15 is 0 Å². The van der Waals surface area contributed by atoms with E-state index in [0.717, 1.165) is 55.9 Å². The van der Waals surface area contributed by atoms with Crippen LogP contribution < -0.4 is 5.32 Å². The van der Waals surface area contributed by atoms with E-state index in [1.807, 2.05) is 36.4 Å². The smallest absolute Gasteiger partial charge is 0.291 e. The van der Waals surface area contributed by atoms with Crippen LogP contribution in [0.15, 0.2) is 76.6 Å². The molecule has 2 aromatic carbocycles. The van der Waals surface area contributed by atoms with Crippen molar-refractivity contribution in [3.8, 4) is 0 Å². The zero-order valence-corrected chi connectivity index (χ0v) is 19.6. The molecule has 0 spiro atoms. The molecule has 1 amide bonds. The Balaban J connectivity index is 1.27. The van der Waals surface area contributed by atoms with Gasteiger partial charge in [0.2, 0.25) is 0 Å². The van der Waals surface area contributed by atoms with Crippen LogP contribution in [0.2, 0.25) is 0 Å². The molecule has 1 N–H and O–H groups in total. The number of thioether (sulfide) groups is 1. The highest BCUT2D eigenvalue weighted by Crippen LogP contribution is 2.31. The summed E-state index contributed by atoms with van der Waals surface area (Å²) < 4.78 is 11.4. The lowest BCUT2D eigenvalue weighted by Crippen LogP contribution is -2.37. The molecule has 0 aliphatic carbocycles. The van der Waals surface area contributed by atoms with Gasteiger partial charge in [-0.1, -0.05) is 42.1 Å².